The smallest absolute Gasteiger partial charge is 0.317 e. The molecular weight excluding hydrogens is 315 g/mol. The van der Waals surface area contributed by atoms with Crippen LogP contribution in [-0.2, 0) is 0 Å². The molecule has 3 rings (SSSR count). The Morgan fingerprint density at radius 2 is 2.00 bits per heavy atom. The number of urea groups is 1. The van der Waals surface area contributed by atoms with E-state index in [4.69, 9.17) is 11.6 Å². The molecule has 0 saturated carbocycles. The minimum Gasteiger partial charge on any atom is -0.317 e. The fourth-order valence-corrected chi connectivity index (χ4v) is 3.09. The number of aryl methyl sites for hydroxylation is 1. The van der Waals surface area contributed by atoms with E-state index >= 15 is 0 Å². The number of hydrogen-bond donors (Lipinski definition) is 1. The first kappa shape index (κ1) is 15.8. The van der Waals surface area contributed by atoms with Gasteiger partial charge in [0.1, 0.15) is 5.82 Å². The van der Waals surface area contributed by atoms with E-state index in [9.17, 15) is 9.18 Å². The Morgan fingerprint density at radius 1 is 1.26 bits per heavy atom. The van der Waals surface area contributed by atoms with Crippen LogP contribution in [0.25, 0.3) is 0 Å². The highest BCUT2D eigenvalue weighted by Crippen LogP contribution is 2.32. The van der Waals surface area contributed by atoms with Gasteiger partial charge in [-0.1, -0.05) is 29.8 Å². The van der Waals surface area contributed by atoms with Gasteiger partial charge in [-0.2, -0.15) is 0 Å². The number of carbonyl (C=O) groups is 1. The molecule has 0 radical (unpaired) electrons. The number of halogens is 2. The van der Waals surface area contributed by atoms with Crippen LogP contribution in [0.1, 0.15) is 30.0 Å². The zero-order valence-electron chi connectivity index (χ0n) is 12.9. The Hall–Kier alpha value is -2.07. The number of rotatable bonds is 2. The van der Waals surface area contributed by atoms with Gasteiger partial charge in [0.25, 0.3) is 0 Å². The van der Waals surface area contributed by atoms with Crippen LogP contribution < -0.4 is 5.32 Å². The molecule has 1 atom stereocenters. The second-order valence-corrected chi connectivity index (χ2v) is 6.20. The summed E-state index contributed by atoms with van der Waals surface area (Å²) in [6.45, 7) is 2.60. The summed E-state index contributed by atoms with van der Waals surface area (Å²) in [6.07, 6.45) is 1.82. The minimum absolute atomic E-state index is 0.0171. The monoisotopic (exact) mass is 332 g/mol. The molecule has 2 aromatic rings. The quantitative estimate of drug-likeness (QED) is 0.809. The molecule has 23 heavy (non-hydrogen) atoms. The van der Waals surface area contributed by atoms with Gasteiger partial charge in [0.05, 0.1) is 6.04 Å². The van der Waals surface area contributed by atoms with E-state index in [0.29, 0.717) is 17.3 Å². The largest absolute Gasteiger partial charge is 0.322 e. The molecule has 120 valence electrons. The number of nitrogens with one attached hydrogen (secondary N) is 1. The molecule has 1 saturated heterocycles. The van der Waals surface area contributed by atoms with Gasteiger partial charge in [0.2, 0.25) is 0 Å². The molecule has 2 aromatic carbocycles. The fourth-order valence-electron chi connectivity index (χ4n) is 2.91. The number of carbonyl (C=O) groups excluding carboxylic acids is 1. The van der Waals surface area contributed by atoms with Gasteiger partial charge < -0.3 is 10.2 Å². The topological polar surface area (TPSA) is 32.3 Å². The first-order valence-electron chi connectivity index (χ1n) is 7.64. The summed E-state index contributed by atoms with van der Waals surface area (Å²) in [5.74, 6) is -0.267. The van der Waals surface area contributed by atoms with E-state index in [2.05, 4.69) is 5.32 Å². The molecule has 1 heterocycles. The molecule has 0 spiro atoms. The summed E-state index contributed by atoms with van der Waals surface area (Å²) < 4.78 is 13.1. The third-order valence-electron chi connectivity index (χ3n) is 4.19. The van der Waals surface area contributed by atoms with Crippen molar-refractivity contribution >= 4 is 23.3 Å². The Bertz CT molecular complexity index is 717. The van der Waals surface area contributed by atoms with Crippen LogP contribution in [0.3, 0.4) is 0 Å². The van der Waals surface area contributed by atoms with Crippen LogP contribution in [0.2, 0.25) is 5.02 Å². The summed E-state index contributed by atoms with van der Waals surface area (Å²) >= 11 is 6.10. The second kappa shape index (κ2) is 6.59. The van der Waals surface area contributed by atoms with Gasteiger partial charge in [-0.3, -0.25) is 0 Å². The fraction of sp³-hybridized carbons (Fsp3) is 0.278. The number of nitrogens with zero attached hydrogens (tertiary/aromatic N) is 1. The number of benzene rings is 2. The van der Waals surface area contributed by atoms with Gasteiger partial charge in [-0.25, -0.2) is 9.18 Å². The molecule has 0 bridgehead atoms. The van der Waals surface area contributed by atoms with Crippen molar-refractivity contribution in [2.75, 3.05) is 11.9 Å². The average molecular weight is 333 g/mol. The van der Waals surface area contributed by atoms with Crippen molar-refractivity contribution in [3.63, 3.8) is 0 Å². The molecule has 5 heteroatoms. The van der Waals surface area contributed by atoms with E-state index in [1.165, 1.54) is 12.1 Å². The third kappa shape index (κ3) is 3.48. The summed E-state index contributed by atoms with van der Waals surface area (Å²) in [5.41, 5.74) is 2.60. The third-order valence-corrected chi connectivity index (χ3v) is 4.60. The highest BCUT2D eigenvalue weighted by Gasteiger charge is 2.30. The first-order valence-corrected chi connectivity index (χ1v) is 8.01. The van der Waals surface area contributed by atoms with Crippen molar-refractivity contribution in [3.8, 4) is 0 Å². The number of amides is 2. The van der Waals surface area contributed by atoms with Gasteiger partial charge in [0, 0.05) is 17.3 Å². The molecular formula is C18H18ClFN2O. The van der Waals surface area contributed by atoms with Gasteiger partial charge >= 0.3 is 6.03 Å². The number of anilines is 1. The lowest BCUT2D eigenvalue weighted by molar-refractivity contribution is 0.207. The second-order valence-electron chi connectivity index (χ2n) is 5.80. The molecule has 3 nitrogen and oxygen atoms in total. The lowest BCUT2D eigenvalue weighted by atomic mass is 10.0. The lowest BCUT2D eigenvalue weighted by Gasteiger charge is -2.25. The van der Waals surface area contributed by atoms with Gasteiger partial charge in [-0.15, -0.1) is 0 Å². The maximum Gasteiger partial charge on any atom is 0.322 e. The van der Waals surface area contributed by atoms with Crippen molar-refractivity contribution in [1.29, 1.82) is 0 Å². The van der Waals surface area contributed by atoms with Crippen molar-refractivity contribution in [2.45, 2.75) is 25.8 Å². The van der Waals surface area contributed by atoms with Crippen LogP contribution in [0.4, 0.5) is 14.9 Å². The van der Waals surface area contributed by atoms with Crippen molar-refractivity contribution in [2.24, 2.45) is 0 Å². The maximum atomic E-state index is 13.1. The molecule has 0 aliphatic carbocycles. The number of hydrogen-bond acceptors (Lipinski definition) is 1. The van der Waals surface area contributed by atoms with Gasteiger partial charge in [0.15, 0.2) is 0 Å². The molecule has 0 unspecified atom stereocenters. The van der Waals surface area contributed by atoms with Gasteiger partial charge in [-0.05, 0) is 55.2 Å². The highest BCUT2D eigenvalue weighted by atomic mass is 35.5. The Labute approximate surface area is 140 Å². The average Bonchev–Trinajstić information content (AvgIpc) is 3.01. The van der Waals surface area contributed by atoms with Crippen LogP contribution in [-0.4, -0.2) is 17.5 Å². The summed E-state index contributed by atoms with van der Waals surface area (Å²) in [7, 11) is 0. The lowest BCUT2D eigenvalue weighted by Crippen LogP contribution is -2.34. The van der Waals surface area contributed by atoms with Crippen molar-refractivity contribution < 1.29 is 9.18 Å². The Balaban J connectivity index is 1.75. The zero-order chi connectivity index (χ0) is 16.4. The highest BCUT2D eigenvalue weighted by molar-refractivity contribution is 6.31. The Morgan fingerprint density at radius 3 is 2.70 bits per heavy atom. The van der Waals surface area contributed by atoms with E-state index in [0.717, 1.165) is 24.0 Å². The van der Waals surface area contributed by atoms with Crippen LogP contribution in [0.5, 0.6) is 0 Å². The minimum atomic E-state index is -0.267. The SMILES string of the molecule is Cc1ccc(NC(=O)N2CCC[C@@H]2c2ccc(F)cc2)cc1Cl. The molecule has 1 fully saturated rings. The standard InChI is InChI=1S/C18H18ClFN2O/c1-12-4-9-15(11-16(12)19)21-18(23)22-10-2-3-17(22)13-5-7-14(20)8-6-13/h4-9,11,17H,2-3,10H2,1H3,(H,21,23)/t17-/m1/s1. The van der Waals surface area contributed by atoms with Crippen LogP contribution >= 0.6 is 11.6 Å². The molecule has 1 aliphatic heterocycles. The van der Waals surface area contributed by atoms with E-state index < -0.39 is 0 Å². The summed E-state index contributed by atoms with van der Waals surface area (Å²) in [6, 6.07) is 11.6. The Kier molecular flexibility index (Phi) is 4.53. The predicted octanol–water partition coefficient (Wildman–Crippen LogP) is 5.16. The number of likely N-dealkylation sites (tertiary alicyclic amines) is 1. The zero-order valence-corrected chi connectivity index (χ0v) is 13.6. The molecule has 2 amide bonds. The van der Waals surface area contributed by atoms with Crippen LogP contribution in [0, 0.1) is 12.7 Å². The molecule has 1 N–H and O–H groups in total. The van der Waals surface area contributed by atoms with Crippen molar-refractivity contribution in [1.82, 2.24) is 4.90 Å². The molecule has 0 aromatic heterocycles. The summed E-state index contributed by atoms with van der Waals surface area (Å²) in [5, 5.41) is 3.52. The predicted molar refractivity (Wildman–Crippen MR) is 90.3 cm³/mol. The van der Waals surface area contributed by atoms with E-state index in [-0.39, 0.29) is 17.9 Å². The van der Waals surface area contributed by atoms with Crippen molar-refractivity contribution in [3.05, 3.63) is 64.4 Å². The van der Waals surface area contributed by atoms with Crippen LogP contribution in [0.15, 0.2) is 42.5 Å². The first-order chi connectivity index (χ1) is 11.0. The summed E-state index contributed by atoms with van der Waals surface area (Å²) in [4.78, 5) is 14.4. The maximum absolute atomic E-state index is 13.1. The molecule has 1 aliphatic rings. The van der Waals surface area contributed by atoms with E-state index in [1.54, 1.807) is 23.1 Å². The normalized spacial score (nSPS) is 17.3. The van der Waals surface area contributed by atoms with E-state index in [1.807, 2.05) is 19.1 Å².